The van der Waals surface area contributed by atoms with Gasteiger partial charge in [0.1, 0.15) is 11.6 Å². The Labute approximate surface area is 223 Å². The summed E-state index contributed by atoms with van der Waals surface area (Å²) in [7, 11) is 3.15. The molecule has 1 unspecified atom stereocenters. The highest BCUT2D eigenvalue weighted by atomic mass is 19.1. The zero-order valence-electron chi connectivity index (χ0n) is 22.7. The van der Waals surface area contributed by atoms with E-state index >= 15 is 0 Å². The highest BCUT2D eigenvalue weighted by Crippen LogP contribution is 2.34. The first-order valence-corrected chi connectivity index (χ1v) is 13.1. The number of carbonyl (C=O) groups excluding carboxylic acids is 1. The normalized spacial score (nSPS) is 15.6. The summed E-state index contributed by atoms with van der Waals surface area (Å²) in [5.41, 5.74) is 2.42. The van der Waals surface area contributed by atoms with Crippen LogP contribution in [0.15, 0.2) is 48.8 Å². The molecular weight excluding hydrogens is 487 g/mol. The number of unbranched alkanes of at least 4 members (excludes halogenated alkanes) is 2. The predicted molar refractivity (Wildman–Crippen MR) is 145 cm³/mol. The molecule has 4 rings (SSSR count). The average Bonchev–Trinajstić information content (AvgIpc) is 3.32. The monoisotopic (exact) mass is 524 g/mol. The summed E-state index contributed by atoms with van der Waals surface area (Å²) >= 11 is 0. The first kappa shape index (κ1) is 27.3. The van der Waals surface area contributed by atoms with E-state index in [-0.39, 0.29) is 24.3 Å². The van der Waals surface area contributed by atoms with Crippen LogP contribution in [0.2, 0.25) is 0 Å². The number of hydrogen-bond donors (Lipinski definition) is 0. The van der Waals surface area contributed by atoms with Gasteiger partial charge in [0.25, 0.3) is 0 Å². The third-order valence-electron chi connectivity index (χ3n) is 6.70. The van der Waals surface area contributed by atoms with Gasteiger partial charge in [0, 0.05) is 49.1 Å². The topological polar surface area (TPSA) is 69.1 Å². The van der Waals surface area contributed by atoms with Gasteiger partial charge >= 0.3 is 6.03 Å². The molecule has 2 heterocycles. The van der Waals surface area contributed by atoms with E-state index in [0.29, 0.717) is 49.1 Å². The van der Waals surface area contributed by atoms with Crippen molar-refractivity contribution in [1.29, 1.82) is 0 Å². The van der Waals surface area contributed by atoms with Crippen LogP contribution in [0.4, 0.5) is 14.9 Å². The molecule has 0 aliphatic carbocycles. The van der Waals surface area contributed by atoms with Crippen molar-refractivity contribution in [3.63, 3.8) is 0 Å². The first-order valence-electron chi connectivity index (χ1n) is 13.1. The van der Waals surface area contributed by atoms with E-state index in [2.05, 4.69) is 12.0 Å². The summed E-state index contributed by atoms with van der Waals surface area (Å²) in [6.45, 7) is 6.61. The van der Waals surface area contributed by atoms with E-state index in [4.69, 9.17) is 14.2 Å². The maximum absolute atomic E-state index is 14.1. The molecule has 0 N–H and O–H groups in total. The van der Waals surface area contributed by atoms with E-state index in [0.717, 1.165) is 30.5 Å². The Kier molecular flexibility index (Phi) is 9.10. The number of methoxy groups -OCH3 is 2. The maximum Gasteiger partial charge on any atom is 0.324 e. The molecule has 204 valence electrons. The van der Waals surface area contributed by atoms with Crippen LogP contribution in [0.25, 0.3) is 0 Å². The molecule has 9 heteroatoms. The van der Waals surface area contributed by atoms with E-state index in [1.165, 1.54) is 12.1 Å². The Hall–Kier alpha value is -3.75. The predicted octanol–water partition coefficient (Wildman–Crippen LogP) is 5.68. The van der Waals surface area contributed by atoms with E-state index in [9.17, 15) is 9.18 Å². The van der Waals surface area contributed by atoms with Gasteiger partial charge in [-0.25, -0.2) is 9.18 Å². The lowest BCUT2D eigenvalue weighted by molar-refractivity contribution is 0.168. The Bertz CT molecular complexity index is 1230. The molecule has 0 radical (unpaired) electrons. The lowest BCUT2D eigenvalue weighted by Crippen LogP contribution is -2.54. The standard InChI is InChI=1S/C29H37FN4O4/c1-5-6-7-12-38-28-14-25(9-11-27(28)37-4)34-19-22(18-33-16-21(2)15-31-33)17-32(29(34)35)20-23-13-24(30)8-10-26(23)36-3/h8-11,13-16,22H,5-7,12,17-20H2,1-4H3. The molecule has 38 heavy (non-hydrogen) atoms. The number of anilines is 1. The van der Waals surface area contributed by atoms with Crippen molar-refractivity contribution in [3.8, 4) is 17.2 Å². The molecule has 2 amide bonds. The molecule has 1 aromatic heterocycles. The summed E-state index contributed by atoms with van der Waals surface area (Å²) in [5.74, 6) is 1.49. The Morgan fingerprint density at radius 3 is 2.53 bits per heavy atom. The van der Waals surface area contributed by atoms with Gasteiger partial charge in [-0.05, 0) is 49.2 Å². The highest BCUT2D eigenvalue weighted by Gasteiger charge is 2.34. The molecule has 1 fully saturated rings. The number of aromatic nitrogens is 2. The van der Waals surface area contributed by atoms with Crippen LogP contribution in [0, 0.1) is 18.7 Å². The highest BCUT2D eigenvalue weighted by molar-refractivity contribution is 5.93. The Morgan fingerprint density at radius 1 is 1.03 bits per heavy atom. The van der Waals surface area contributed by atoms with Crippen LogP contribution in [0.3, 0.4) is 0 Å². The van der Waals surface area contributed by atoms with Gasteiger partial charge in [-0.3, -0.25) is 9.58 Å². The number of halogens is 1. The van der Waals surface area contributed by atoms with E-state index in [1.54, 1.807) is 30.1 Å². The molecule has 0 spiro atoms. The largest absolute Gasteiger partial charge is 0.496 e. The van der Waals surface area contributed by atoms with Gasteiger partial charge in [-0.2, -0.15) is 5.10 Å². The molecule has 3 aromatic rings. The van der Waals surface area contributed by atoms with E-state index < -0.39 is 0 Å². The smallest absolute Gasteiger partial charge is 0.324 e. The van der Waals surface area contributed by atoms with Gasteiger partial charge in [0.2, 0.25) is 0 Å². The van der Waals surface area contributed by atoms with Gasteiger partial charge in [0.15, 0.2) is 11.5 Å². The summed E-state index contributed by atoms with van der Waals surface area (Å²) in [4.78, 5) is 17.3. The number of carbonyl (C=O) groups is 1. The summed E-state index contributed by atoms with van der Waals surface area (Å²) < 4.78 is 33.0. The second-order valence-corrected chi connectivity index (χ2v) is 9.73. The zero-order valence-corrected chi connectivity index (χ0v) is 22.7. The van der Waals surface area contributed by atoms with Gasteiger partial charge in [-0.1, -0.05) is 19.8 Å². The van der Waals surface area contributed by atoms with Crippen molar-refractivity contribution < 1.29 is 23.4 Å². The van der Waals surface area contributed by atoms with Gasteiger partial charge in [0.05, 0.1) is 33.6 Å². The molecule has 2 aromatic carbocycles. The van der Waals surface area contributed by atoms with E-state index in [1.807, 2.05) is 42.2 Å². The lowest BCUT2D eigenvalue weighted by Gasteiger charge is -2.40. The number of amides is 2. The number of ether oxygens (including phenoxy) is 3. The van der Waals surface area contributed by atoms with Crippen LogP contribution in [0.5, 0.6) is 17.2 Å². The number of benzene rings is 2. The van der Waals surface area contributed by atoms with Crippen molar-refractivity contribution in [2.45, 2.75) is 46.2 Å². The van der Waals surface area contributed by atoms with Crippen molar-refractivity contribution in [3.05, 3.63) is 65.7 Å². The van der Waals surface area contributed by atoms with Crippen LogP contribution < -0.4 is 19.1 Å². The van der Waals surface area contributed by atoms with Crippen molar-refractivity contribution in [2.75, 3.05) is 38.8 Å². The lowest BCUT2D eigenvalue weighted by atomic mass is 10.0. The second-order valence-electron chi connectivity index (χ2n) is 9.73. The van der Waals surface area contributed by atoms with Crippen LogP contribution in [-0.4, -0.2) is 54.6 Å². The minimum Gasteiger partial charge on any atom is -0.496 e. The fraction of sp³-hybridized carbons (Fsp3) is 0.448. The van der Waals surface area contributed by atoms with Crippen LogP contribution in [-0.2, 0) is 13.1 Å². The van der Waals surface area contributed by atoms with Gasteiger partial charge in [-0.15, -0.1) is 0 Å². The Morgan fingerprint density at radius 2 is 1.82 bits per heavy atom. The van der Waals surface area contributed by atoms with Crippen molar-refractivity contribution in [2.24, 2.45) is 5.92 Å². The minimum absolute atomic E-state index is 0.0857. The molecule has 1 aliphatic rings. The molecule has 0 saturated carbocycles. The molecule has 1 atom stereocenters. The number of rotatable bonds is 12. The van der Waals surface area contributed by atoms with Crippen LogP contribution in [0.1, 0.15) is 37.3 Å². The number of aryl methyl sites for hydroxylation is 1. The third kappa shape index (κ3) is 6.57. The SMILES string of the molecule is CCCCCOc1cc(N2CC(Cn3cc(C)cn3)CN(Cc3cc(F)ccc3OC)C2=O)ccc1OC. The molecule has 1 aliphatic heterocycles. The second kappa shape index (κ2) is 12.7. The summed E-state index contributed by atoms with van der Waals surface area (Å²) in [5, 5.41) is 4.45. The quantitative estimate of drug-likeness (QED) is 0.285. The van der Waals surface area contributed by atoms with Gasteiger partial charge < -0.3 is 19.1 Å². The van der Waals surface area contributed by atoms with Crippen molar-refractivity contribution >= 4 is 11.7 Å². The fourth-order valence-electron chi connectivity index (χ4n) is 4.81. The summed E-state index contributed by atoms with van der Waals surface area (Å²) in [6, 6.07) is 9.78. The molecule has 1 saturated heterocycles. The minimum atomic E-state index is -0.370. The molecule has 0 bridgehead atoms. The number of hydrogen-bond acceptors (Lipinski definition) is 5. The molecule has 8 nitrogen and oxygen atoms in total. The summed E-state index contributed by atoms with van der Waals surface area (Å²) in [6.07, 6.45) is 6.95. The van der Waals surface area contributed by atoms with Crippen molar-refractivity contribution in [1.82, 2.24) is 14.7 Å². The van der Waals surface area contributed by atoms with Crippen LogP contribution >= 0.6 is 0 Å². The molecular formula is C29H37FN4O4. The first-order chi connectivity index (χ1) is 18.4. The third-order valence-corrected chi connectivity index (χ3v) is 6.70. The number of urea groups is 1. The average molecular weight is 525 g/mol. The fourth-order valence-corrected chi connectivity index (χ4v) is 4.81. The Balaban J connectivity index is 1.63. The maximum atomic E-state index is 14.1. The zero-order chi connectivity index (χ0) is 27.1. The number of nitrogens with zero attached hydrogens (tertiary/aromatic N) is 4.